The van der Waals surface area contributed by atoms with Crippen LogP contribution < -0.4 is 4.90 Å². The first kappa shape index (κ1) is 26.4. The smallest absolute Gasteiger partial charge is 0.143 e. The zero-order valence-corrected chi connectivity index (χ0v) is 25.3. The Hall–Kier alpha value is -6.06. The highest BCUT2D eigenvalue weighted by molar-refractivity contribution is 6.10. The van der Waals surface area contributed by atoms with Crippen LogP contribution in [-0.2, 0) is 0 Å². The van der Waals surface area contributed by atoms with Crippen LogP contribution in [0.2, 0.25) is 0 Å². The Labute approximate surface area is 266 Å². The van der Waals surface area contributed by atoms with Crippen LogP contribution in [-0.4, -0.2) is 0 Å². The van der Waals surface area contributed by atoms with Gasteiger partial charge in [-0.3, -0.25) is 0 Å². The third kappa shape index (κ3) is 4.21. The molecule has 218 valence electrons. The molecule has 0 saturated carbocycles. The monoisotopic (exact) mass is 591 g/mol. The Bertz CT molecular complexity index is 2520. The number of hydrogen-bond acceptors (Lipinski definition) is 3. The minimum Gasteiger partial charge on any atom is -0.456 e. The van der Waals surface area contributed by atoms with Crippen molar-refractivity contribution < 1.29 is 8.83 Å². The Kier molecular flexibility index (Phi) is 6.04. The van der Waals surface area contributed by atoms with Crippen LogP contribution in [0.15, 0.2) is 167 Å². The molecule has 9 rings (SSSR count). The number of hydrogen-bond donors (Lipinski definition) is 0. The molecule has 0 radical (unpaired) electrons. The second-order valence-electron chi connectivity index (χ2n) is 11.8. The van der Waals surface area contributed by atoms with E-state index in [1.165, 1.54) is 11.1 Å². The summed E-state index contributed by atoms with van der Waals surface area (Å²) in [5.41, 5.74) is 12.5. The minimum atomic E-state index is 0.903. The zero-order chi connectivity index (χ0) is 30.6. The summed E-state index contributed by atoms with van der Waals surface area (Å²) in [5, 5.41) is 4.53. The van der Waals surface area contributed by atoms with Gasteiger partial charge < -0.3 is 13.7 Å². The fraction of sp³-hybridized carbons (Fsp3) is 0.0233. The number of para-hydroxylation sites is 3. The molecule has 2 heterocycles. The van der Waals surface area contributed by atoms with Gasteiger partial charge in [-0.15, -0.1) is 0 Å². The normalized spacial score (nSPS) is 11.6. The molecular formula is C43H29NO2. The molecular weight excluding hydrogens is 562 g/mol. The average molecular weight is 592 g/mol. The van der Waals surface area contributed by atoms with Crippen molar-refractivity contribution in [2.24, 2.45) is 0 Å². The number of furan rings is 2. The third-order valence-electron chi connectivity index (χ3n) is 9.08. The lowest BCUT2D eigenvalue weighted by molar-refractivity contribution is 0.666. The van der Waals surface area contributed by atoms with Crippen molar-refractivity contribution in [1.82, 2.24) is 0 Å². The van der Waals surface area contributed by atoms with E-state index < -0.39 is 0 Å². The molecule has 0 saturated heterocycles. The molecule has 0 bridgehead atoms. The summed E-state index contributed by atoms with van der Waals surface area (Å²) in [7, 11) is 0. The van der Waals surface area contributed by atoms with E-state index in [-0.39, 0.29) is 0 Å². The fourth-order valence-corrected chi connectivity index (χ4v) is 6.78. The van der Waals surface area contributed by atoms with E-state index in [2.05, 4.69) is 145 Å². The predicted molar refractivity (Wildman–Crippen MR) is 191 cm³/mol. The molecule has 3 nitrogen and oxygen atoms in total. The number of rotatable bonds is 5. The Morgan fingerprint density at radius 1 is 0.391 bits per heavy atom. The molecule has 9 aromatic rings. The topological polar surface area (TPSA) is 29.5 Å². The predicted octanol–water partition coefficient (Wildman–Crippen LogP) is 12.6. The third-order valence-corrected chi connectivity index (χ3v) is 9.08. The Morgan fingerprint density at radius 2 is 0.913 bits per heavy atom. The van der Waals surface area contributed by atoms with Crippen molar-refractivity contribution >= 4 is 60.9 Å². The van der Waals surface area contributed by atoms with Crippen LogP contribution in [0.5, 0.6) is 0 Å². The maximum atomic E-state index is 6.43. The van der Waals surface area contributed by atoms with Gasteiger partial charge in [-0.1, -0.05) is 109 Å². The van der Waals surface area contributed by atoms with E-state index in [0.29, 0.717) is 0 Å². The summed E-state index contributed by atoms with van der Waals surface area (Å²) in [6, 6.07) is 55.4. The molecule has 3 heteroatoms. The van der Waals surface area contributed by atoms with Crippen molar-refractivity contribution in [3.05, 3.63) is 163 Å². The van der Waals surface area contributed by atoms with E-state index in [1.807, 2.05) is 24.3 Å². The largest absolute Gasteiger partial charge is 0.456 e. The van der Waals surface area contributed by atoms with Gasteiger partial charge in [0, 0.05) is 44.0 Å². The second-order valence-corrected chi connectivity index (χ2v) is 11.8. The quantitative estimate of drug-likeness (QED) is 0.199. The first-order valence-corrected chi connectivity index (χ1v) is 15.6. The summed E-state index contributed by atoms with van der Waals surface area (Å²) in [4.78, 5) is 2.32. The van der Waals surface area contributed by atoms with E-state index in [9.17, 15) is 0 Å². The maximum absolute atomic E-state index is 6.43. The molecule has 0 atom stereocenters. The fourth-order valence-electron chi connectivity index (χ4n) is 6.78. The van der Waals surface area contributed by atoms with E-state index in [1.54, 1.807) is 0 Å². The SMILES string of the molecule is Cc1c(N(c2ccc(-c3ccccc3)cc2)c2ccc(-c3cccc4c3oc3ccccc34)cc2)ccc2c1oc1ccccc12. The van der Waals surface area contributed by atoms with Gasteiger partial charge in [0.05, 0.1) is 5.69 Å². The Morgan fingerprint density at radius 3 is 1.59 bits per heavy atom. The lowest BCUT2D eigenvalue weighted by Gasteiger charge is -2.27. The highest BCUT2D eigenvalue weighted by atomic mass is 16.3. The summed E-state index contributed by atoms with van der Waals surface area (Å²) in [5.74, 6) is 0. The summed E-state index contributed by atoms with van der Waals surface area (Å²) in [6.07, 6.45) is 0. The van der Waals surface area contributed by atoms with Crippen LogP contribution in [0.4, 0.5) is 17.1 Å². The van der Waals surface area contributed by atoms with Crippen LogP contribution in [0, 0.1) is 6.92 Å². The molecule has 2 aromatic heterocycles. The van der Waals surface area contributed by atoms with Crippen molar-refractivity contribution in [3.63, 3.8) is 0 Å². The lowest BCUT2D eigenvalue weighted by Crippen LogP contribution is -2.11. The number of aryl methyl sites for hydroxylation is 1. The second kappa shape index (κ2) is 10.5. The standard InChI is InChI=1S/C43H29NO2/c1-28-39(27-26-38-36-13-6-7-16-40(36)45-42(28)38)44(32-22-18-30(19-23-32)29-10-3-2-4-11-29)33-24-20-31(21-25-33)34-14-9-15-37-35-12-5-8-17-41(35)46-43(34)37/h2-27H,1H3. The molecule has 0 aliphatic rings. The summed E-state index contributed by atoms with van der Waals surface area (Å²) < 4.78 is 12.8. The van der Waals surface area contributed by atoms with Gasteiger partial charge in [-0.05, 0) is 72.1 Å². The molecule has 0 fully saturated rings. The summed E-state index contributed by atoms with van der Waals surface area (Å²) in [6.45, 7) is 2.15. The van der Waals surface area contributed by atoms with Gasteiger partial charge >= 0.3 is 0 Å². The molecule has 0 unspecified atom stereocenters. The van der Waals surface area contributed by atoms with E-state index >= 15 is 0 Å². The van der Waals surface area contributed by atoms with Gasteiger partial charge in [-0.2, -0.15) is 0 Å². The van der Waals surface area contributed by atoms with Crippen molar-refractivity contribution in [2.45, 2.75) is 6.92 Å². The number of fused-ring (bicyclic) bond motifs is 6. The molecule has 0 aliphatic carbocycles. The minimum absolute atomic E-state index is 0.903. The van der Waals surface area contributed by atoms with Crippen LogP contribution >= 0.6 is 0 Å². The van der Waals surface area contributed by atoms with Gasteiger partial charge in [0.2, 0.25) is 0 Å². The van der Waals surface area contributed by atoms with Crippen LogP contribution in [0.3, 0.4) is 0 Å². The number of nitrogens with zero attached hydrogens (tertiary/aromatic N) is 1. The highest BCUT2D eigenvalue weighted by Crippen LogP contribution is 2.43. The van der Waals surface area contributed by atoms with E-state index in [0.717, 1.165) is 77.6 Å². The first-order valence-electron chi connectivity index (χ1n) is 15.6. The van der Waals surface area contributed by atoms with Crippen molar-refractivity contribution in [1.29, 1.82) is 0 Å². The lowest BCUT2D eigenvalue weighted by atomic mass is 10.0. The maximum Gasteiger partial charge on any atom is 0.143 e. The number of anilines is 3. The Balaban J connectivity index is 1.18. The van der Waals surface area contributed by atoms with E-state index in [4.69, 9.17) is 8.83 Å². The van der Waals surface area contributed by atoms with Gasteiger partial charge in [-0.25, -0.2) is 0 Å². The highest BCUT2D eigenvalue weighted by Gasteiger charge is 2.20. The van der Waals surface area contributed by atoms with Gasteiger partial charge in [0.1, 0.15) is 22.3 Å². The zero-order valence-electron chi connectivity index (χ0n) is 25.3. The van der Waals surface area contributed by atoms with Crippen LogP contribution in [0.25, 0.3) is 66.1 Å². The van der Waals surface area contributed by atoms with Crippen molar-refractivity contribution in [3.8, 4) is 22.3 Å². The van der Waals surface area contributed by atoms with Gasteiger partial charge in [0.25, 0.3) is 0 Å². The molecule has 0 spiro atoms. The average Bonchev–Trinajstić information content (AvgIpc) is 3.70. The first-order chi connectivity index (χ1) is 22.7. The molecule has 7 aromatic carbocycles. The molecule has 0 amide bonds. The molecule has 46 heavy (non-hydrogen) atoms. The molecule has 0 N–H and O–H groups in total. The summed E-state index contributed by atoms with van der Waals surface area (Å²) >= 11 is 0. The van der Waals surface area contributed by atoms with Crippen LogP contribution in [0.1, 0.15) is 5.56 Å². The molecule has 0 aliphatic heterocycles. The van der Waals surface area contributed by atoms with Gasteiger partial charge in [0.15, 0.2) is 0 Å². The number of benzene rings is 7. The van der Waals surface area contributed by atoms with Crippen molar-refractivity contribution in [2.75, 3.05) is 4.90 Å².